The number of carboxylic acid groups (broad SMARTS) is 2. The number of hydrogen-bond donors (Lipinski definition) is 7. The van der Waals surface area contributed by atoms with E-state index in [1.54, 1.807) is 13.8 Å². The van der Waals surface area contributed by atoms with Crippen LogP contribution in [0.15, 0.2) is 46.5 Å². The second-order valence-electron chi connectivity index (χ2n) is 15.6. The molecule has 0 saturated carbocycles. The van der Waals surface area contributed by atoms with Gasteiger partial charge in [-0.05, 0) is 105 Å². The fourth-order valence-electron chi connectivity index (χ4n) is 5.78. The SMILES string of the molecule is BC(=O)OCc1ccc(O[C@@H]2O[C@H](C(=O)O)[C@@H](O)[C@H](O)[C@H]2O)c(C(=O)NC(CC(=O)O)C(=O)NC(C)(C)CCOC(C)(C)/N=C(\C)CC/C(C)=C/CC/C(C)=C/C)c1. The molecule has 6 atom stereocenters. The van der Waals surface area contributed by atoms with Crippen molar-refractivity contribution < 1.29 is 68.5 Å². The Balaban J connectivity index is 2.19. The maximum atomic E-state index is 13.8. The standard InChI is InChI=1S/C40H60BN3O14/c1-9-22(2)11-10-12-23(3)13-14-24(4)43-40(7,8)56-18-17-39(5,6)44-35(51)27(20-29(45)46)42-34(50)26-19-25(21-55-38(41)54)15-16-28(26)57-37-32(49)30(47)31(48)33(58-37)36(52)53/h9,12,15-16,19,27,30-33,37,47-49H,10-11,13-14,17-18,20-21,41H2,1-8H3,(H,42,50)(H,44,51)(H,45,46)(H,52,53)/b22-9+,23-12+,43-24+/t27?,30-,31-,32+,33-,37+/m0/s1. The first kappa shape index (κ1) is 49.5. The molecule has 1 heterocycles. The summed E-state index contributed by atoms with van der Waals surface area (Å²) in [6, 6.07) is 2.16. The number of nitrogens with one attached hydrogen (secondary N) is 2. The lowest BCUT2D eigenvalue weighted by atomic mass is 9.99. The van der Waals surface area contributed by atoms with E-state index in [0.717, 1.165) is 31.4 Å². The normalized spacial score (nSPS) is 21.2. The molecule has 0 aromatic heterocycles. The predicted molar refractivity (Wildman–Crippen MR) is 215 cm³/mol. The zero-order valence-corrected chi connectivity index (χ0v) is 34.9. The van der Waals surface area contributed by atoms with Gasteiger partial charge in [-0.1, -0.05) is 29.4 Å². The van der Waals surface area contributed by atoms with Crippen LogP contribution in [0.4, 0.5) is 4.79 Å². The molecule has 0 aliphatic carbocycles. The smallest absolute Gasteiger partial charge is 0.335 e. The fraction of sp³-hybridized carbons (Fsp3) is 0.600. The number of ether oxygens (including phenoxy) is 4. The number of aliphatic hydroxyl groups excluding tert-OH is 3. The minimum atomic E-state index is -2.01. The number of rotatable bonds is 22. The average molecular weight is 818 g/mol. The minimum absolute atomic E-state index is 0.176. The van der Waals surface area contributed by atoms with Crippen LogP contribution in [-0.2, 0) is 35.2 Å². The van der Waals surface area contributed by atoms with Gasteiger partial charge in [0.15, 0.2) is 11.8 Å². The first-order chi connectivity index (χ1) is 26.9. The molecule has 2 amide bonds. The van der Waals surface area contributed by atoms with Crippen molar-refractivity contribution in [3.05, 3.63) is 52.6 Å². The summed E-state index contributed by atoms with van der Waals surface area (Å²) in [7, 11) is 1.17. The van der Waals surface area contributed by atoms with E-state index in [0.29, 0.717) is 0 Å². The van der Waals surface area contributed by atoms with Gasteiger partial charge in [-0.2, -0.15) is 0 Å². The number of allylic oxidation sites excluding steroid dienone is 4. The van der Waals surface area contributed by atoms with Crippen molar-refractivity contribution >= 4 is 43.2 Å². The Morgan fingerprint density at radius 2 is 1.64 bits per heavy atom. The highest BCUT2D eigenvalue weighted by Gasteiger charge is 2.48. The van der Waals surface area contributed by atoms with Crippen LogP contribution in [0, 0.1) is 0 Å². The maximum Gasteiger partial charge on any atom is 0.335 e. The van der Waals surface area contributed by atoms with E-state index in [1.807, 2.05) is 27.7 Å². The number of carbonyl (C=O) groups excluding carboxylic acids is 3. The van der Waals surface area contributed by atoms with E-state index in [4.69, 9.17) is 23.9 Å². The van der Waals surface area contributed by atoms with Gasteiger partial charge in [0, 0.05) is 11.3 Å². The third-order valence-electron chi connectivity index (χ3n) is 9.30. The molecule has 1 aromatic carbocycles. The molecule has 1 saturated heterocycles. The number of amides is 2. The zero-order valence-electron chi connectivity index (χ0n) is 34.9. The topological polar surface area (TPSA) is 260 Å². The van der Waals surface area contributed by atoms with Crippen molar-refractivity contribution in [2.45, 2.75) is 149 Å². The second-order valence-corrected chi connectivity index (χ2v) is 15.6. The summed E-state index contributed by atoms with van der Waals surface area (Å²) < 4.78 is 21.9. The highest BCUT2D eigenvalue weighted by molar-refractivity contribution is 6.55. The van der Waals surface area contributed by atoms with Crippen LogP contribution in [0.1, 0.15) is 110 Å². The monoisotopic (exact) mass is 817 g/mol. The van der Waals surface area contributed by atoms with Crippen molar-refractivity contribution in [3.63, 3.8) is 0 Å². The zero-order chi connectivity index (χ0) is 44.0. The molecule has 0 radical (unpaired) electrons. The van der Waals surface area contributed by atoms with Crippen LogP contribution < -0.4 is 15.4 Å². The van der Waals surface area contributed by atoms with Crippen LogP contribution in [0.25, 0.3) is 0 Å². The molecule has 1 aliphatic rings. The summed E-state index contributed by atoms with van der Waals surface area (Å²) in [4.78, 5) is 67.0. The number of nitrogens with zero attached hydrogens (tertiary/aromatic N) is 1. The van der Waals surface area contributed by atoms with Crippen molar-refractivity contribution in [2.24, 2.45) is 4.99 Å². The Labute approximate surface area is 340 Å². The van der Waals surface area contributed by atoms with Crippen LogP contribution >= 0.6 is 0 Å². The molecule has 17 nitrogen and oxygen atoms in total. The molecule has 2 rings (SSSR count). The quantitative estimate of drug-likeness (QED) is 0.0505. The summed E-state index contributed by atoms with van der Waals surface area (Å²) in [5, 5.41) is 55.1. The molecule has 0 spiro atoms. The maximum absolute atomic E-state index is 13.8. The van der Waals surface area contributed by atoms with Gasteiger partial charge in [0.2, 0.25) is 25.9 Å². The molecule has 322 valence electrons. The molecule has 1 aliphatic heterocycles. The Hall–Kier alpha value is -4.62. The van der Waals surface area contributed by atoms with E-state index in [1.165, 1.54) is 37.2 Å². The molecule has 1 aromatic rings. The number of hydrogen-bond acceptors (Lipinski definition) is 13. The van der Waals surface area contributed by atoms with E-state index in [9.17, 15) is 49.5 Å². The highest BCUT2D eigenvalue weighted by Crippen LogP contribution is 2.28. The molecular weight excluding hydrogens is 757 g/mol. The number of aliphatic imine (C=N–C) groups is 1. The van der Waals surface area contributed by atoms with Gasteiger partial charge in [0.05, 0.1) is 18.6 Å². The summed E-state index contributed by atoms with van der Waals surface area (Å²) >= 11 is 0. The molecule has 18 heteroatoms. The molecular formula is C40H60BN3O14. The number of benzene rings is 1. The predicted octanol–water partition coefficient (Wildman–Crippen LogP) is 2.77. The van der Waals surface area contributed by atoms with Gasteiger partial charge < -0.3 is 55.1 Å². The van der Waals surface area contributed by atoms with Gasteiger partial charge in [0.1, 0.15) is 36.7 Å². The van der Waals surface area contributed by atoms with Gasteiger partial charge in [-0.25, -0.2) is 4.79 Å². The van der Waals surface area contributed by atoms with Crippen LogP contribution in [-0.4, -0.2) is 123 Å². The summed E-state index contributed by atoms with van der Waals surface area (Å²) in [5.41, 5.74) is 1.67. The van der Waals surface area contributed by atoms with Crippen LogP contribution in [0.2, 0.25) is 0 Å². The third kappa shape index (κ3) is 16.7. The molecule has 1 fully saturated rings. The van der Waals surface area contributed by atoms with Crippen molar-refractivity contribution in [1.29, 1.82) is 0 Å². The van der Waals surface area contributed by atoms with Crippen LogP contribution in [0.5, 0.6) is 5.75 Å². The Morgan fingerprint density at radius 3 is 2.24 bits per heavy atom. The van der Waals surface area contributed by atoms with Gasteiger partial charge in [-0.15, -0.1) is 0 Å². The first-order valence-corrected chi connectivity index (χ1v) is 19.1. The Bertz CT molecular complexity index is 1710. The molecule has 0 bridgehead atoms. The molecule has 7 N–H and O–H groups in total. The lowest BCUT2D eigenvalue weighted by molar-refractivity contribution is -0.271. The lowest BCUT2D eigenvalue weighted by Gasteiger charge is -2.38. The van der Waals surface area contributed by atoms with E-state index in [2.05, 4.69) is 36.6 Å². The third-order valence-corrected chi connectivity index (χ3v) is 9.30. The lowest BCUT2D eigenvalue weighted by Crippen LogP contribution is -2.61. The second kappa shape index (κ2) is 22.5. The summed E-state index contributed by atoms with van der Waals surface area (Å²) in [6.07, 6.45) is -2.40. The van der Waals surface area contributed by atoms with Crippen molar-refractivity contribution in [1.82, 2.24) is 10.6 Å². The number of carbonyl (C=O) groups is 5. The summed E-state index contributed by atoms with van der Waals surface area (Å²) in [5.74, 6) is -5.92. The minimum Gasteiger partial charge on any atom is -0.481 e. The average Bonchev–Trinajstić information content (AvgIpc) is 3.12. The van der Waals surface area contributed by atoms with Gasteiger partial charge >= 0.3 is 11.9 Å². The number of carboxylic acids is 2. The van der Waals surface area contributed by atoms with Crippen LogP contribution in [0.3, 0.4) is 0 Å². The van der Waals surface area contributed by atoms with Gasteiger partial charge in [0.25, 0.3) is 5.91 Å². The van der Waals surface area contributed by atoms with Crippen molar-refractivity contribution in [3.8, 4) is 5.75 Å². The fourth-order valence-corrected chi connectivity index (χ4v) is 5.78. The Kier molecular flexibility index (Phi) is 19.2. The molecule has 1 unspecified atom stereocenters. The largest absolute Gasteiger partial charge is 0.481 e. The Morgan fingerprint density at radius 1 is 0.966 bits per heavy atom. The summed E-state index contributed by atoms with van der Waals surface area (Å²) in [6.45, 7) is 15.2. The number of aliphatic carboxylic acids is 2. The number of aliphatic hydroxyl groups is 3. The highest BCUT2D eigenvalue weighted by atomic mass is 16.7. The van der Waals surface area contributed by atoms with E-state index in [-0.39, 0.29) is 36.5 Å². The van der Waals surface area contributed by atoms with E-state index >= 15 is 0 Å². The first-order valence-electron chi connectivity index (χ1n) is 19.1. The molecule has 58 heavy (non-hydrogen) atoms. The van der Waals surface area contributed by atoms with Crippen molar-refractivity contribution in [2.75, 3.05) is 6.61 Å². The van der Waals surface area contributed by atoms with E-state index < -0.39 is 84.1 Å². The van der Waals surface area contributed by atoms with Gasteiger partial charge in [-0.3, -0.25) is 24.2 Å².